The van der Waals surface area contributed by atoms with E-state index >= 15 is 0 Å². The largest absolute Gasteiger partial charge is 0.475 e. The van der Waals surface area contributed by atoms with Gasteiger partial charge in [-0.1, -0.05) is 0 Å². The standard InChI is InChI=1S/C8H3BrF2O3/c9-4-2-1-3(5(10)6(4)11)7(12)8(13)14/h1-2H,(H,13,14). The summed E-state index contributed by atoms with van der Waals surface area (Å²) in [5.41, 5.74) is -0.793. The molecule has 0 aromatic heterocycles. The molecule has 3 nitrogen and oxygen atoms in total. The summed E-state index contributed by atoms with van der Waals surface area (Å²) >= 11 is 2.69. The first kappa shape index (κ1) is 10.8. The van der Waals surface area contributed by atoms with Gasteiger partial charge in [0.15, 0.2) is 11.6 Å². The summed E-state index contributed by atoms with van der Waals surface area (Å²) in [5, 5.41) is 8.27. The van der Waals surface area contributed by atoms with E-state index in [1.54, 1.807) is 0 Å². The Morgan fingerprint density at radius 2 is 1.79 bits per heavy atom. The number of hydrogen-bond acceptors (Lipinski definition) is 2. The topological polar surface area (TPSA) is 54.4 Å². The van der Waals surface area contributed by atoms with Gasteiger partial charge in [0.2, 0.25) is 0 Å². The summed E-state index contributed by atoms with van der Waals surface area (Å²) in [5.74, 6) is -6.05. The highest BCUT2D eigenvalue weighted by molar-refractivity contribution is 9.10. The van der Waals surface area contributed by atoms with Crippen LogP contribution in [0.5, 0.6) is 0 Å². The van der Waals surface area contributed by atoms with Crippen molar-refractivity contribution in [2.45, 2.75) is 0 Å². The molecule has 0 saturated carbocycles. The van der Waals surface area contributed by atoms with E-state index in [0.717, 1.165) is 12.1 Å². The first-order valence-corrected chi connectivity index (χ1v) is 4.15. The molecule has 0 bridgehead atoms. The normalized spacial score (nSPS) is 9.93. The Hall–Kier alpha value is -1.30. The number of carbonyl (C=O) groups is 2. The predicted octanol–water partition coefficient (Wildman–Crippen LogP) is 1.99. The molecule has 1 rings (SSSR count). The quantitative estimate of drug-likeness (QED) is 0.505. The fourth-order valence-electron chi connectivity index (χ4n) is 0.816. The van der Waals surface area contributed by atoms with Gasteiger partial charge in [0, 0.05) is 0 Å². The Morgan fingerprint density at radius 3 is 2.29 bits per heavy atom. The van der Waals surface area contributed by atoms with Gasteiger partial charge in [-0.3, -0.25) is 4.79 Å². The third kappa shape index (κ3) is 1.79. The Bertz CT molecular complexity index is 417. The monoisotopic (exact) mass is 264 g/mol. The lowest BCUT2D eigenvalue weighted by atomic mass is 10.1. The summed E-state index contributed by atoms with van der Waals surface area (Å²) < 4.78 is 25.7. The molecule has 74 valence electrons. The lowest BCUT2D eigenvalue weighted by Gasteiger charge is -2.00. The predicted molar refractivity (Wildman–Crippen MR) is 46.0 cm³/mol. The van der Waals surface area contributed by atoms with Gasteiger partial charge < -0.3 is 5.11 Å². The molecule has 0 radical (unpaired) electrons. The first-order valence-electron chi connectivity index (χ1n) is 3.36. The van der Waals surface area contributed by atoms with Crippen molar-refractivity contribution in [3.63, 3.8) is 0 Å². The highest BCUT2D eigenvalue weighted by atomic mass is 79.9. The van der Waals surface area contributed by atoms with Gasteiger partial charge in [-0.2, -0.15) is 0 Å². The van der Waals surface area contributed by atoms with E-state index in [2.05, 4.69) is 15.9 Å². The van der Waals surface area contributed by atoms with Crippen LogP contribution in [-0.4, -0.2) is 16.9 Å². The fraction of sp³-hybridized carbons (Fsp3) is 0. The molecule has 0 aliphatic heterocycles. The van der Waals surface area contributed by atoms with E-state index < -0.39 is 29.0 Å². The second-order valence-corrected chi connectivity index (χ2v) is 3.21. The molecule has 1 N–H and O–H groups in total. The third-order valence-corrected chi connectivity index (χ3v) is 2.09. The van der Waals surface area contributed by atoms with Gasteiger partial charge in [-0.15, -0.1) is 0 Å². The lowest BCUT2D eigenvalue weighted by Crippen LogP contribution is -2.15. The molecule has 0 saturated heterocycles. The summed E-state index contributed by atoms with van der Waals surface area (Å²) in [4.78, 5) is 21.0. The van der Waals surface area contributed by atoms with Crippen LogP contribution >= 0.6 is 15.9 Å². The van der Waals surface area contributed by atoms with Gasteiger partial charge in [-0.05, 0) is 28.1 Å². The van der Waals surface area contributed by atoms with E-state index in [4.69, 9.17) is 5.11 Å². The molecule has 0 aliphatic rings. The molecule has 6 heteroatoms. The van der Waals surface area contributed by atoms with Crippen molar-refractivity contribution >= 4 is 27.7 Å². The number of carbonyl (C=O) groups excluding carboxylic acids is 1. The molecule has 0 aliphatic carbocycles. The SMILES string of the molecule is O=C(O)C(=O)c1ccc(Br)c(F)c1F. The van der Waals surface area contributed by atoms with Crippen LogP contribution in [-0.2, 0) is 4.79 Å². The zero-order valence-electron chi connectivity index (χ0n) is 6.55. The molecule has 0 heterocycles. The number of ketones is 1. The number of rotatable bonds is 2. The molecule has 1 aromatic rings. The summed E-state index contributed by atoms with van der Waals surface area (Å²) in [6.07, 6.45) is 0. The Kier molecular flexibility index (Phi) is 2.95. The molecule has 0 atom stereocenters. The smallest absolute Gasteiger partial charge is 0.377 e. The highest BCUT2D eigenvalue weighted by Gasteiger charge is 2.22. The second kappa shape index (κ2) is 3.83. The molecule has 0 spiro atoms. The van der Waals surface area contributed by atoms with Crippen molar-refractivity contribution in [3.8, 4) is 0 Å². The minimum absolute atomic E-state index is 0.170. The van der Waals surface area contributed by atoms with E-state index in [1.165, 1.54) is 0 Å². The van der Waals surface area contributed by atoms with E-state index in [9.17, 15) is 18.4 Å². The van der Waals surface area contributed by atoms with Crippen LogP contribution in [0.2, 0.25) is 0 Å². The molecule has 0 unspecified atom stereocenters. The van der Waals surface area contributed by atoms with E-state index in [1.807, 2.05) is 0 Å². The number of aliphatic carboxylic acids is 1. The Balaban J connectivity index is 3.31. The number of Topliss-reactive ketones (excluding diaryl/α,β-unsaturated/α-hetero) is 1. The van der Waals surface area contributed by atoms with Crippen molar-refractivity contribution in [2.24, 2.45) is 0 Å². The number of halogens is 3. The fourth-order valence-corrected chi connectivity index (χ4v) is 1.12. The van der Waals surface area contributed by atoms with Crippen LogP contribution in [0.3, 0.4) is 0 Å². The van der Waals surface area contributed by atoms with Gasteiger partial charge in [-0.25, -0.2) is 13.6 Å². The van der Waals surface area contributed by atoms with E-state index in [-0.39, 0.29) is 4.47 Å². The van der Waals surface area contributed by atoms with Crippen molar-refractivity contribution in [1.29, 1.82) is 0 Å². The molecular weight excluding hydrogens is 262 g/mol. The van der Waals surface area contributed by atoms with Gasteiger partial charge in [0.1, 0.15) is 0 Å². The third-order valence-electron chi connectivity index (χ3n) is 1.47. The van der Waals surface area contributed by atoms with Crippen molar-refractivity contribution in [2.75, 3.05) is 0 Å². The van der Waals surface area contributed by atoms with Gasteiger partial charge >= 0.3 is 5.97 Å². The van der Waals surface area contributed by atoms with Crippen LogP contribution < -0.4 is 0 Å². The van der Waals surface area contributed by atoms with Crippen LogP contribution in [0, 0.1) is 11.6 Å². The number of carboxylic acids is 1. The maximum absolute atomic E-state index is 13.0. The summed E-state index contributed by atoms with van der Waals surface area (Å²) in [7, 11) is 0. The van der Waals surface area contributed by atoms with Crippen LogP contribution in [0.15, 0.2) is 16.6 Å². The van der Waals surface area contributed by atoms with Crippen molar-refractivity contribution in [1.82, 2.24) is 0 Å². The first-order chi connectivity index (χ1) is 6.45. The Labute approximate surface area is 85.5 Å². The minimum atomic E-state index is -1.83. The average molecular weight is 265 g/mol. The molecule has 1 aromatic carbocycles. The molecular formula is C8H3BrF2O3. The number of hydrogen-bond donors (Lipinski definition) is 1. The molecule has 0 fully saturated rings. The number of benzene rings is 1. The number of carboxylic acid groups (broad SMARTS) is 1. The average Bonchev–Trinajstić information content (AvgIpc) is 2.13. The van der Waals surface area contributed by atoms with Crippen LogP contribution in [0.4, 0.5) is 8.78 Å². The molecule has 0 amide bonds. The summed E-state index contributed by atoms with van der Waals surface area (Å²) in [6.45, 7) is 0. The van der Waals surface area contributed by atoms with Gasteiger partial charge in [0.25, 0.3) is 5.78 Å². The zero-order valence-corrected chi connectivity index (χ0v) is 8.14. The maximum Gasteiger partial charge on any atom is 0.377 e. The zero-order chi connectivity index (χ0) is 10.9. The van der Waals surface area contributed by atoms with Gasteiger partial charge in [0.05, 0.1) is 10.0 Å². The highest BCUT2D eigenvalue weighted by Crippen LogP contribution is 2.21. The van der Waals surface area contributed by atoms with E-state index in [0.29, 0.717) is 0 Å². The Morgan fingerprint density at radius 1 is 1.21 bits per heavy atom. The van der Waals surface area contributed by atoms with Crippen LogP contribution in [0.1, 0.15) is 10.4 Å². The van der Waals surface area contributed by atoms with Crippen molar-refractivity contribution in [3.05, 3.63) is 33.8 Å². The molecule has 14 heavy (non-hydrogen) atoms. The summed E-state index contributed by atoms with van der Waals surface area (Å²) in [6, 6.07) is 1.97. The van der Waals surface area contributed by atoms with Crippen LogP contribution in [0.25, 0.3) is 0 Å². The second-order valence-electron chi connectivity index (χ2n) is 2.36. The minimum Gasteiger partial charge on any atom is -0.475 e. The van der Waals surface area contributed by atoms with Crippen molar-refractivity contribution < 1.29 is 23.5 Å². The lowest BCUT2D eigenvalue weighted by molar-refractivity contribution is -0.131. The maximum atomic E-state index is 13.0.